The number of rotatable bonds is 6. The number of hydrogen-bond acceptors (Lipinski definition) is 7. The van der Waals surface area contributed by atoms with Gasteiger partial charge in [-0.1, -0.05) is 28.9 Å². The number of benzene rings is 2. The minimum absolute atomic E-state index is 0.0130. The molecule has 10 heteroatoms. The van der Waals surface area contributed by atoms with Crippen LogP contribution in [-0.2, 0) is 6.54 Å². The highest BCUT2D eigenvalue weighted by atomic mass is 35.5. The molecule has 2 aromatic heterocycles. The van der Waals surface area contributed by atoms with Crippen molar-refractivity contribution in [2.45, 2.75) is 13.5 Å². The van der Waals surface area contributed by atoms with E-state index in [9.17, 15) is 4.79 Å². The number of aryl methyl sites for hydroxylation is 1. The average molecular weight is 439 g/mol. The summed E-state index contributed by atoms with van der Waals surface area (Å²) >= 11 is 6.05. The maximum Gasteiger partial charge on any atom is 0.280 e. The molecule has 2 aromatic carbocycles. The van der Waals surface area contributed by atoms with Gasteiger partial charge in [-0.15, -0.1) is 5.10 Å². The van der Waals surface area contributed by atoms with Gasteiger partial charge in [0, 0.05) is 22.3 Å². The lowest BCUT2D eigenvalue weighted by Crippen LogP contribution is -2.15. The van der Waals surface area contributed by atoms with Gasteiger partial charge in [0.2, 0.25) is 5.89 Å². The first kappa shape index (κ1) is 20.4. The number of carbonyl (C=O) groups is 1. The van der Waals surface area contributed by atoms with Crippen LogP contribution in [0.2, 0.25) is 5.02 Å². The van der Waals surface area contributed by atoms with Crippen molar-refractivity contribution in [1.82, 2.24) is 20.0 Å². The van der Waals surface area contributed by atoms with E-state index in [0.29, 0.717) is 33.8 Å². The van der Waals surface area contributed by atoms with E-state index < -0.39 is 5.91 Å². The first-order valence-corrected chi connectivity index (χ1v) is 9.69. The van der Waals surface area contributed by atoms with E-state index in [-0.39, 0.29) is 18.1 Å². The summed E-state index contributed by atoms with van der Waals surface area (Å²) in [5.41, 5.74) is 8.07. The molecule has 0 radical (unpaired) electrons. The highest BCUT2D eigenvalue weighted by molar-refractivity contribution is 6.30. The van der Waals surface area contributed by atoms with Crippen LogP contribution in [0.4, 0.5) is 11.5 Å². The molecule has 31 heavy (non-hydrogen) atoms. The first-order valence-electron chi connectivity index (χ1n) is 9.31. The van der Waals surface area contributed by atoms with Gasteiger partial charge < -0.3 is 20.2 Å². The lowest BCUT2D eigenvalue weighted by molar-refractivity contribution is 0.102. The first-order chi connectivity index (χ1) is 14.9. The predicted molar refractivity (Wildman–Crippen MR) is 116 cm³/mol. The molecule has 0 aliphatic carbocycles. The minimum Gasteiger partial charge on any atom is -0.497 e. The molecule has 0 spiro atoms. The molecular weight excluding hydrogens is 420 g/mol. The Morgan fingerprint density at radius 3 is 2.84 bits per heavy atom. The molecule has 4 rings (SSSR count). The van der Waals surface area contributed by atoms with Gasteiger partial charge >= 0.3 is 0 Å². The fourth-order valence-corrected chi connectivity index (χ4v) is 3.14. The molecule has 9 nitrogen and oxygen atoms in total. The van der Waals surface area contributed by atoms with Crippen molar-refractivity contribution in [2.75, 3.05) is 18.2 Å². The zero-order valence-corrected chi connectivity index (χ0v) is 17.6. The third-order valence-corrected chi connectivity index (χ3v) is 4.81. The minimum atomic E-state index is -0.478. The van der Waals surface area contributed by atoms with Gasteiger partial charge in [0.15, 0.2) is 11.5 Å². The van der Waals surface area contributed by atoms with E-state index in [1.165, 1.54) is 4.68 Å². The zero-order valence-electron chi connectivity index (χ0n) is 16.8. The van der Waals surface area contributed by atoms with Crippen molar-refractivity contribution in [3.05, 3.63) is 70.7 Å². The van der Waals surface area contributed by atoms with Crippen LogP contribution in [0.5, 0.6) is 5.75 Å². The van der Waals surface area contributed by atoms with Gasteiger partial charge in [0.1, 0.15) is 17.2 Å². The van der Waals surface area contributed by atoms with E-state index in [0.717, 1.165) is 5.56 Å². The summed E-state index contributed by atoms with van der Waals surface area (Å²) in [5.74, 6) is 1.30. The van der Waals surface area contributed by atoms with Crippen LogP contribution < -0.4 is 15.8 Å². The highest BCUT2D eigenvalue weighted by Gasteiger charge is 2.20. The van der Waals surface area contributed by atoms with Crippen LogP contribution in [0.1, 0.15) is 21.9 Å². The summed E-state index contributed by atoms with van der Waals surface area (Å²) in [7, 11) is 1.55. The fraction of sp³-hybridized carbons (Fsp3) is 0.143. The Hall–Kier alpha value is -3.85. The lowest BCUT2D eigenvalue weighted by Gasteiger charge is -2.06. The van der Waals surface area contributed by atoms with Crippen LogP contribution in [0, 0.1) is 6.92 Å². The maximum atomic E-state index is 12.6. The van der Waals surface area contributed by atoms with Crippen molar-refractivity contribution in [3.63, 3.8) is 0 Å². The van der Waals surface area contributed by atoms with Crippen LogP contribution in [0.15, 0.2) is 52.9 Å². The quantitative estimate of drug-likeness (QED) is 0.469. The second kappa shape index (κ2) is 8.49. The molecule has 0 aliphatic heterocycles. The van der Waals surface area contributed by atoms with Gasteiger partial charge in [-0.05, 0) is 37.3 Å². The average Bonchev–Trinajstić information content (AvgIpc) is 3.31. The number of anilines is 2. The monoisotopic (exact) mass is 438 g/mol. The second-order valence-electron chi connectivity index (χ2n) is 6.70. The Kier molecular flexibility index (Phi) is 5.59. The smallest absolute Gasteiger partial charge is 0.280 e. The normalized spacial score (nSPS) is 10.8. The number of hydrogen-bond donors (Lipinski definition) is 2. The van der Waals surface area contributed by atoms with Gasteiger partial charge in [0.25, 0.3) is 5.91 Å². The van der Waals surface area contributed by atoms with Gasteiger partial charge in [-0.3, -0.25) is 4.79 Å². The summed E-state index contributed by atoms with van der Waals surface area (Å²) in [6.07, 6.45) is 0. The number of amides is 1. The number of methoxy groups -OCH3 is 1. The SMILES string of the molecule is COc1cccc(NC(=O)c2nnn(Cc3nc(-c4cccc(Cl)c4)oc3C)c2N)c1. The standard InChI is InChI=1S/C21H19ClN6O3/c1-12-17(25-21(31-12)13-5-3-6-14(22)9-13)11-28-19(23)18(26-27-28)20(29)24-15-7-4-8-16(10-15)30-2/h3-10H,11,23H2,1-2H3,(H,24,29). The molecule has 2 heterocycles. The molecule has 0 unspecified atom stereocenters. The number of nitrogens with one attached hydrogen (secondary N) is 1. The Balaban J connectivity index is 1.53. The van der Waals surface area contributed by atoms with Crippen LogP contribution in [-0.4, -0.2) is 33.0 Å². The molecule has 0 aliphatic rings. The molecule has 0 saturated carbocycles. The van der Waals surface area contributed by atoms with Crippen molar-refractivity contribution >= 4 is 29.0 Å². The van der Waals surface area contributed by atoms with Crippen LogP contribution in [0.3, 0.4) is 0 Å². The number of nitrogens with zero attached hydrogens (tertiary/aromatic N) is 4. The molecule has 0 atom stereocenters. The summed E-state index contributed by atoms with van der Waals surface area (Å²) in [6.45, 7) is 1.99. The molecule has 4 aromatic rings. The second-order valence-corrected chi connectivity index (χ2v) is 7.14. The Labute approximate surface area is 182 Å². The van der Waals surface area contributed by atoms with Crippen molar-refractivity contribution in [1.29, 1.82) is 0 Å². The van der Waals surface area contributed by atoms with E-state index in [1.807, 2.05) is 12.1 Å². The summed E-state index contributed by atoms with van der Waals surface area (Å²) < 4.78 is 12.3. The number of nitrogens with two attached hydrogens (primary N) is 1. The molecular formula is C21H19ClN6O3. The van der Waals surface area contributed by atoms with Gasteiger partial charge in [-0.25, -0.2) is 9.67 Å². The summed E-state index contributed by atoms with van der Waals surface area (Å²) in [5, 5.41) is 11.2. The van der Waals surface area contributed by atoms with E-state index in [4.69, 9.17) is 26.5 Å². The number of ether oxygens (including phenoxy) is 1. The molecule has 0 fully saturated rings. The molecule has 0 saturated heterocycles. The number of nitrogen functional groups attached to an aromatic ring is 1. The Morgan fingerprint density at radius 1 is 1.26 bits per heavy atom. The number of oxazole rings is 1. The Morgan fingerprint density at radius 2 is 2.06 bits per heavy atom. The van der Waals surface area contributed by atoms with E-state index in [2.05, 4.69) is 20.6 Å². The van der Waals surface area contributed by atoms with Crippen molar-refractivity contribution in [3.8, 4) is 17.2 Å². The molecule has 1 amide bonds. The van der Waals surface area contributed by atoms with Crippen LogP contribution >= 0.6 is 11.6 Å². The van der Waals surface area contributed by atoms with Crippen LogP contribution in [0.25, 0.3) is 11.5 Å². The third kappa shape index (κ3) is 4.36. The molecule has 158 valence electrons. The van der Waals surface area contributed by atoms with Gasteiger partial charge in [0.05, 0.1) is 13.7 Å². The number of aromatic nitrogens is 4. The van der Waals surface area contributed by atoms with Crippen molar-refractivity contribution in [2.24, 2.45) is 0 Å². The largest absolute Gasteiger partial charge is 0.497 e. The van der Waals surface area contributed by atoms with Crippen molar-refractivity contribution < 1.29 is 13.9 Å². The topological polar surface area (TPSA) is 121 Å². The molecule has 3 N–H and O–H groups in total. The predicted octanol–water partition coefficient (Wildman–Crippen LogP) is 3.79. The third-order valence-electron chi connectivity index (χ3n) is 4.58. The number of carbonyl (C=O) groups excluding carboxylic acids is 1. The number of halogens is 1. The summed E-state index contributed by atoms with van der Waals surface area (Å²) in [4.78, 5) is 17.1. The molecule has 0 bridgehead atoms. The van der Waals surface area contributed by atoms with Gasteiger partial charge in [-0.2, -0.15) is 0 Å². The lowest BCUT2D eigenvalue weighted by atomic mass is 10.2. The highest BCUT2D eigenvalue weighted by Crippen LogP contribution is 2.25. The summed E-state index contributed by atoms with van der Waals surface area (Å²) in [6, 6.07) is 14.2. The van der Waals surface area contributed by atoms with E-state index in [1.54, 1.807) is 50.4 Å². The van der Waals surface area contributed by atoms with E-state index >= 15 is 0 Å². The fourth-order valence-electron chi connectivity index (χ4n) is 2.95. The maximum absolute atomic E-state index is 12.6. The Bertz CT molecular complexity index is 1250. The zero-order chi connectivity index (χ0) is 22.0.